The predicted octanol–water partition coefficient (Wildman–Crippen LogP) is 2.71. The standard InChI is InChI=1S/C25H33N7O4/c1-26-22-13-21(28-19-5-4-12-31(25(19)34)15-6-8-16(35-2)9-7-15)30-23-17(14-27-32(22)23)24(33)29-18-10-11-20(18)36-3/h4-5,12-16,18,20,26H,6-11H2,1-3H3,(H,28,30)(H,29,33)/t15-,16+,18-,20-/m1/s1. The van der Waals surface area contributed by atoms with Crippen LogP contribution in [0.2, 0.25) is 0 Å². The summed E-state index contributed by atoms with van der Waals surface area (Å²) < 4.78 is 14.2. The molecule has 0 bridgehead atoms. The van der Waals surface area contributed by atoms with Crippen LogP contribution in [0.5, 0.6) is 0 Å². The Kier molecular flexibility index (Phi) is 6.92. The first-order chi connectivity index (χ1) is 17.5. The van der Waals surface area contributed by atoms with Crippen LogP contribution in [0.3, 0.4) is 0 Å². The number of nitrogens with one attached hydrogen (secondary N) is 3. The van der Waals surface area contributed by atoms with Crippen LogP contribution in [0, 0.1) is 0 Å². The number of nitrogens with zero attached hydrogens (tertiary/aromatic N) is 4. The van der Waals surface area contributed by atoms with Crippen molar-refractivity contribution in [3.05, 3.63) is 46.5 Å². The monoisotopic (exact) mass is 495 g/mol. The van der Waals surface area contributed by atoms with Gasteiger partial charge in [-0.1, -0.05) is 0 Å². The van der Waals surface area contributed by atoms with E-state index in [1.807, 2.05) is 12.3 Å². The van der Waals surface area contributed by atoms with E-state index >= 15 is 0 Å². The molecule has 1 amide bonds. The zero-order chi connectivity index (χ0) is 25.2. The molecule has 0 saturated heterocycles. The van der Waals surface area contributed by atoms with Gasteiger partial charge in [-0.2, -0.15) is 9.61 Å². The molecule has 11 nitrogen and oxygen atoms in total. The van der Waals surface area contributed by atoms with E-state index in [9.17, 15) is 9.59 Å². The number of carbonyl (C=O) groups excluding carboxylic acids is 1. The van der Waals surface area contributed by atoms with Crippen LogP contribution in [0.4, 0.5) is 17.3 Å². The van der Waals surface area contributed by atoms with Crippen molar-refractivity contribution in [3.63, 3.8) is 0 Å². The van der Waals surface area contributed by atoms with Gasteiger partial charge in [0.2, 0.25) is 0 Å². The molecule has 0 spiro atoms. The summed E-state index contributed by atoms with van der Waals surface area (Å²) in [7, 11) is 5.16. The van der Waals surface area contributed by atoms with Crippen LogP contribution in [0.25, 0.3) is 5.65 Å². The Hall–Kier alpha value is -3.44. The van der Waals surface area contributed by atoms with E-state index in [-0.39, 0.29) is 35.8 Å². The molecule has 2 fully saturated rings. The fourth-order valence-corrected chi connectivity index (χ4v) is 5.12. The number of hydrogen-bond acceptors (Lipinski definition) is 8. The van der Waals surface area contributed by atoms with Crippen molar-refractivity contribution in [1.29, 1.82) is 0 Å². The van der Waals surface area contributed by atoms with Gasteiger partial charge < -0.3 is 30.0 Å². The van der Waals surface area contributed by atoms with E-state index in [4.69, 9.17) is 9.47 Å². The zero-order valence-electron chi connectivity index (χ0n) is 20.9. The number of anilines is 3. The molecule has 0 unspecified atom stereocenters. The van der Waals surface area contributed by atoms with E-state index in [1.54, 1.807) is 42.5 Å². The van der Waals surface area contributed by atoms with Crippen molar-refractivity contribution in [3.8, 4) is 0 Å². The maximum Gasteiger partial charge on any atom is 0.274 e. The zero-order valence-corrected chi connectivity index (χ0v) is 20.9. The Morgan fingerprint density at radius 2 is 1.92 bits per heavy atom. The maximum absolute atomic E-state index is 13.3. The van der Waals surface area contributed by atoms with E-state index in [0.29, 0.717) is 28.5 Å². The summed E-state index contributed by atoms with van der Waals surface area (Å²) >= 11 is 0. The van der Waals surface area contributed by atoms with Gasteiger partial charge in [-0.25, -0.2) is 4.98 Å². The fraction of sp³-hybridized carbons (Fsp3) is 0.520. The average molecular weight is 496 g/mol. The molecule has 3 aromatic heterocycles. The smallest absolute Gasteiger partial charge is 0.274 e. The minimum atomic E-state index is -0.253. The molecule has 0 radical (unpaired) electrons. The van der Waals surface area contributed by atoms with Crippen molar-refractivity contribution in [2.45, 2.75) is 62.8 Å². The lowest BCUT2D eigenvalue weighted by Crippen LogP contribution is -2.51. The Morgan fingerprint density at radius 1 is 1.11 bits per heavy atom. The molecule has 2 saturated carbocycles. The Labute approximate surface area is 209 Å². The van der Waals surface area contributed by atoms with Gasteiger partial charge in [0.1, 0.15) is 22.9 Å². The third kappa shape index (κ3) is 4.56. The second kappa shape index (κ2) is 10.3. The van der Waals surface area contributed by atoms with Gasteiger partial charge in [0, 0.05) is 39.6 Å². The number of rotatable bonds is 8. The topological polar surface area (TPSA) is 124 Å². The number of methoxy groups -OCH3 is 2. The first kappa shape index (κ1) is 24.3. The van der Waals surface area contributed by atoms with Crippen LogP contribution in [0.15, 0.2) is 35.4 Å². The number of ether oxygens (including phenoxy) is 2. The minimum Gasteiger partial charge on any atom is -0.381 e. The van der Waals surface area contributed by atoms with Gasteiger partial charge in [-0.15, -0.1) is 0 Å². The summed E-state index contributed by atoms with van der Waals surface area (Å²) in [6.07, 6.45) is 9.11. The molecule has 3 aromatic rings. The third-order valence-corrected chi connectivity index (χ3v) is 7.41. The number of fused-ring (bicyclic) bond motifs is 1. The van der Waals surface area contributed by atoms with E-state index in [0.717, 1.165) is 38.5 Å². The number of aromatic nitrogens is 4. The molecular formula is C25H33N7O4. The van der Waals surface area contributed by atoms with Crippen LogP contribution in [-0.2, 0) is 9.47 Å². The Balaban J connectivity index is 1.41. The van der Waals surface area contributed by atoms with Crippen molar-refractivity contribution in [1.82, 2.24) is 24.5 Å². The van der Waals surface area contributed by atoms with E-state index in [2.05, 4.69) is 26.0 Å². The highest BCUT2D eigenvalue weighted by Gasteiger charge is 2.33. The summed E-state index contributed by atoms with van der Waals surface area (Å²) in [6.45, 7) is 0. The first-order valence-corrected chi connectivity index (χ1v) is 12.4. The molecule has 0 aliphatic heterocycles. The highest BCUT2D eigenvalue weighted by Crippen LogP contribution is 2.29. The number of pyridine rings is 1. The molecule has 11 heteroatoms. The van der Waals surface area contributed by atoms with Crippen LogP contribution < -0.4 is 21.5 Å². The SMILES string of the molecule is CNc1cc(Nc2cccn([C@H]3CC[C@@H](OC)CC3)c2=O)nc2c(C(=O)N[C@@H]3CC[C@H]3OC)cnn12. The van der Waals surface area contributed by atoms with Gasteiger partial charge in [0.25, 0.3) is 11.5 Å². The molecule has 2 aliphatic carbocycles. The number of hydrogen-bond donors (Lipinski definition) is 3. The summed E-state index contributed by atoms with van der Waals surface area (Å²) in [6, 6.07) is 5.49. The molecular weight excluding hydrogens is 462 g/mol. The van der Waals surface area contributed by atoms with Gasteiger partial charge in [0.05, 0.1) is 24.4 Å². The quantitative estimate of drug-likeness (QED) is 0.436. The third-order valence-electron chi connectivity index (χ3n) is 7.41. The largest absolute Gasteiger partial charge is 0.381 e. The van der Waals surface area contributed by atoms with Crippen LogP contribution >= 0.6 is 0 Å². The molecule has 2 aliphatic rings. The molecule has 2 atom stereocenters. The maximum atomic E-state index is 13.3. The van der Waals surface area contributed by atoms with Crippen molar-refractivity contribution in [2.75, 3.05) is 31.9 Å². The normalized spacial score (nSPS) is 23.8. The highest BCUT2D eigenvalue weighted by molar-refractivity contribution is 6.00. The molecule has 5 rings (SSSR count). The van der Waals surface area contributed by atoms with E-state index in [1.165, 1.54) is 6.20 Å². The highest BCUT2D eigenvalue weighted by atomic mass is 16.5. The van der Waals surface area contributed by atoms with Crippen LogP contribution in [-0.4, -0.2) is 64.6 Å². The lowest BCUT2D eigenvalue weighted by atomic mass is 9.89. The predicted molar refractivity (Wildman–Crippen MR) is 136 cm³/mol. The van der Waals surface area contributed by atoms with Gasteiger partial charge >= 0.3 is 0 Å². The number of amides is 1. The molecule has 3 heterocycles. The lowest BCUT2D eigenvalue weighted by molar-refractivity contribution is 0.00732. The van der Waals surface area contributed by atoms with Crippen molar-refractivity contribution < 1.29 is 14.3 Å². The van der Waals surface area contributed by atoms with Gasteiger partial charge in [-0.3, -0.25) is 9.59 Å². The Bertz CT molecular complexity index is 1290. The molecule has 3 N–H and O–H groups in total. The van der Waals surface area contributed by atoms with E-state index < -0.39 is 0 Å². The molecule has 192 valence electrons. The lowest BCUT2D eigenvalue weighted by Gasteiger charge is -2.35. The van der Waals surface area contributed by atoms with Crippen molar-refractivity contribution in [2.24, 2.45) is 0 Å². The second-order valence-electron chi connectivity index (χ2n) is 9.43. The summed E-state index contributed by atoms with van der Waals surface area (Å²) in [5.41, 5.74) is 1.07. The van der Waals surface area contributed by atoms with Crippen LogP contribution in [0.1, 0.15) is 54.9 Å². The minimum absolute atomic E-state index is 0.0238. The van der Waals surface area contributed by atoms with Crippen molar-refractivity contribution >= 4 is 28.9 Å². The summed E-state index contributed by atoms with van der Waals surface area (Å²) in [5, 5.41) is 13.6. The van der Waals surface area contributed by atoms with Gasteiger partial charge in [-0.05, 0) is 50.7 Å². The fourth-order valence-electron chi connectivity index (χ4n) is 5.12. The summed E-state index contributed by atoms with van der Waals surface area (Å²) in [4.78, 5) is 31.0. The van der Waals surface area contributed by atoms with Gasteiger partial charge in [0.15, 0.2) is 5.65 Å². The summed E-state index contributed by atoms with van der Waals surface area (Å²) in [5.74, 6) is 0.823. The number of carbonyl (C=O) groups is 1. The molecule has 0 aromatic carbocycles. The molecule has 36 heavy (non-hydrogen) atoms. The second-order valence-corrected chi connectivity index (χ2v) is 9.43. The Morgan fingerprint density at radius 3 is 2.58 bits per heavy atom. The average Bonchev–Trinajstić information content (AvgIpc) is 3.32. The first-order valence-electron chi connectivity index (χ1n) is 12.4.